The van der Waals surface area contributed by atoms with Crippen molar-refractivity contribution < 1.29 is 14.3 Å². The first-order chi connectivity index (χ1) is 16.1. The first-order valence-corrected chi connectivity index (χ1v) is 11.4. The highest BCUT2D eigenvalue weighted by molar-refractivity contribution is 5.96. The van der Waals surface area contributed by atoms with E-state index in [1.807, 2.05) is 65.6 Å². The van der Waals surface area contributed by atoms with Gasteiger partial charge in [-0.25, -0.2) is 0 Å². The Morgan fingerprint density at radius 2 is 1.82 bits per heavy atom. The summed E-state index contributed by atoms with van der Waals surface area (Å²) in [7, 11) is 3.36. The zero-order chi connectivity index (χ0) is 22.9. The third-order valence-electron chi connectivity index (χ3n) is 6.64. The molecule has 0 unspecified atom stereocenters. The van der Waals surface area contributed by atoms with Crippen LogP contribution in [0.3, 0.4) is 0 Å². The van der Waals surface area contributed by atoms with Crippen LogP contribution in [0.1, 0.15) is 45.7 Å². The SMILES string of the molecule is CCc1ccc(C(=O)N2CCc3c([nH]c4ccc(OC)cc34)[C@H]2c2ccccc2OC)cc1. The van der Waals surface area contributed by atoms with Crippen LogP contribution in [-0.2, 0) is 12.8 Å². The molecule has 0 bridgehead atoms. The smallest absolute Gasteiger partial charge is 0.254 e. The number of methoxy groups -OCH3 is 2. The van der Waals surface area contributed by atoms with Gasteiger partial charge < -0.3 is 19.4 Å². The first kappa shape index (κ1) is 21.1. The lowest BCUT2D eigenvalue weighted by molar-refractivity contribution is 0.0690. The number of aromatic nitrogens is 1. The summed E-state index contributed by atoms with van der Waals surface area (Å²) in [6.45, 7) is 2.74. The summed E-state index contributed by atoms with van der Waals surface area (Å²) in [5.74, 6) is 1.62. The van der Waals surface area contributed by atoms with Gasteiger partial charge in [-0.2, -0.15) is 0 Å². The van der Waals surface area contributed by atoms with E-state index in [1.165, 1.54) is 11.1 Å². The Bertz CT molecular complexity index is 1310. The number of benzene rings is 3. The van der Waals surface area contributed by atoms with Crippen molar-refractivity contribution in [1.82, 2.24) is 9.88 Å². The summed E-state index contributed by atoms with van der Waals surface area (Å²) in [6, 6.07) is 21.7. The Balaban J connectivity index is 1.66. The van der Waals surface area contributed by atoms with Crippen molar-refractivity contribution in [2.24, 2.45) is 0 Å². The molecule has 2 heterocycles. The van der Waals surface area contributed by atoms with Crippen LogP contribution >= 0.6 is 0 Å². The van der Waals surface area contributed by atoms with Crippen molar-refractivity contribution in [3.8, 4) is 11.5 Å². The Kier molecular flexibility index (Phi) is 5.55. The fourth-order valence-electron chi connectivity index (χ4n) is 4.88. The maximum Gasteiger partial charge on any atom is 0.254 e. The predicted molar refractivity (Wildman–Crippen MR) is 130 cm³/mol. The molecule has 1 atom stereocenters. The largest absolute Gasteiger partial charge is 0.497 e. The minimum atomic E-state index is -0.276. The number of carbonyl (C=O) groups excluding carboxylic acids is 1. The molecular formula is C28H28N2O3. The molecule has 4 aromatic rings. The average molecular weight is 441 g/mol. The number of rotatable bonds is 5. The summed E-state index contributed by atoms with van der Waals surface area (Å²) in [5, 5.41) is 1.14. The molecule has 1 amide bonds. The number of H-pyrrole nitrogens is 1. The number of ether oxygens (including phenoxy) is 2. The summed E-state index contributed by atoms with van der Waals surface area (Å²) in [5.41, 5.74) is 6.20. The number of aromatic amines is 1. The van der Waals surface area contributed by atoms with Gasteiger partial charge in [0.15, 0.2) is 0 Å². The van der Waals surface area contributed by atoms with E-state index < -0.39 is 0 Å². The molecule has 5 heteroatoms. The van der Waals surface area contributed by atoms with Crippen LogP contribution in [0.25, 0.3) is 10.9 Å². The fraction of sp³-hybridized carbons (Fsp3) is 0.250. The van der Waals surface area contributed by atoms with Crippen molar-refractivity contribution in [3.63, 3.8) is 0 Å². The molecule has 0 fully saturated rings. The van der Waals surface area contributed by atoms with E-state index in [0.29, 0.717) is 12.1 Å². The number of amides is 1. The molecule has 0 spiro atoms. The van der Waals surface area contributed by atoms with E-state index in [-0.39, 0.29) is 11.9 Å². The lowest BCUT2D eigenvalue weighted by Gasteiger charge is -2.37. The number of hydrogen-bond donors (Lipinski definition) is 1. The number of nitrogens with one attached hydrogen (secondary N) is 1. The Labute approximate surface area is 193 Å². The minimum absolute atomic E-state index is 0.0236. The van der Waals surface area contributed by atoms with E-state index in [1.54, 1.807) is 14.2 Å². The number of carbonyl (C=O) groups is 1. The van der Waals surface area contributed by atoms with E-state index in [0.717, 1.165) is 46.5 Å². The van der Waals surface area contributed by atoms with Crippen LogP contribution in [-0.4, -0.2) is 36.6 Å². The van der Waals surface area contributed by atoms with Gasteiger partial charge in [-0.3, -0.25) is 4.79 Å². The van der Waals surface area contributed by atoms with Gasteiger partial charge in [0.25, 0.3) is 5.91 Å². The highest BCUT2D eigenvalue weighted by Crippen LogP contribution is 2.42. The number of aryl methyl sites for hydroxylation is 1. The van der Waals surface area contributed by atoms with E-state index >= 15 is 0 Å². The number of para-hydroxylation sites is 1. The van der Waals surface area contributed by atoms with Gasteiger partial charge in [0.05, 0.1) is 14.2 Å². The zero-order valence-corrected chi connectivity index (χ0v) is 19.2. The molecule has 0 saturated carbocycles. The Morgan fingerprint density at radius 1 is 1.03 bits per heavy atom. The highest BCUT2D eigenvalue weighted by atomic mass is 16.5. The van der Waals surface area contributed by atoms with Gasteiger partial charge in [-0.15, -0.1) is 0 Å². The fourth-order valence-corrected chi connectivity index (χ4v) is 4.88. The van der Waals surface area contributed by atoms with E-state index in [4.69, 9.17) is 9.47 Å². The molecule has 5 nitrogen and oxygen atoms in total. The van der Waals surface area contributed by atoms with E-state index in [2.05, 4.69) is 18.0 Å². The lowest BCUT2D eigenvalue weighted by atomic mass is 9.91. The zero-order valence-electron chi connectivity index (χ0n) is 19.2. The second-order valence-corrected chi connectivity index (χ2v) is 8.37. The summed E-state index contributed by atoms with van der Waals surface area (Å²) >= 11 is 0. The van der Waals surface area contributed by atoms with Crippen molar-refractivity contribution in [2.45, 2.75) is 25.8 Å². The van der Waals surface area contributed by atoms with Crippen LogP contribution < -0.4 is 9.47 Å². The summed E-state index contributed by atoms with van der Waals surface area (Å²) in [4.78, 5) is 19.3. The van der Waals surface area contributed by atoms with Crippen molar-refractivity contribution in [3.05, 3.63) is 94.7 Å². The minimum Gasteiger partial charge on any atom is -0.497 e. The second kappa shape index (κ2) is 8.66. The number of nitrogens with zero attached hydrogens (tertiary/aromatic N) is 1. The summed E-state index contributed by atoms with van der Waals surface area (Å²) < 4.78 is 11.2. The Morgan fingerprint density at radius 3 is 2.55 bits per heavy atom. The Hall–Kier alpha value is -3.73. The van der Waals surface area contributed by atoms with Crippen molar-refractivity contribution in [2.75, 3.05) is 20.8 Å². The molecule has 3 aromatic carbocycles. The molecule has 168 valence electrons. The maximum absolute atomic E-state index is 13.8. The molecule has 1 aliphatic rings. The molecule has 1 N–H and O–H groups in total. The molecular weight excluding hydrogens is 412 g/mol. The third kappa shape index (κ3) is 3.63. The average Bonchev–Trinajstić information content (AvgIpc) is 3.25. The van der Waals surface area contributed by atoms with Gasteiger partial charge in [0.2, 0.25) is 0 Å². The van der Waals surface area contributed by atoms with Gasteiger partial charge >= 0.3 is 0 Å². The van der Waals surface area contributed by atoms with Crippen LogP contribution in [0.2, 0.25) is 0 Å². The monoisotopic (exact) mass is 440 g/mol. The molecule has 0 radical (unpaired) electrons. The van der Waals surface area contributed by atoms with E-state index in [9.17, 15) is 4.79 Å². The molecule has 1 aromatic heterocycles. The topological polar surface area (TPSA) is 54.6 Å². The highest BCUT2D eigenvalue weighted by Gasteiger charge is 2.36. The molecule has 33 heavy (non-hydrogen) atoms. The van der Waals surface area contributed by atoms with Crippen LogP contribution in [0, 0.1) is 0 Å². The number of hydrogen-bond acceptors (Lipinski definition) is 3. The maximum atomic E-state index is 13.8. The third-order valence-corrected chi connectivity index (χ3v) is 6.64. The van der Waals surface area contributed by atoms with Gasteiger partial charge in [0.1, 0.15) is 17.5 Å². The van der Waals surface area contributed by atoms with Crippen molar-refractivity contribution >= 4 is 16.8 Å². The standard InChI is InChI=1S/C28H28N2O3/c1-4-18-9-11-19(12-10-18)28(31)30-16-15-21-23-17-20(32-2)13-14-24(23)29-26(21)27(30)22-7-5-6-8-25(22)33-3/h5-14,17,27,29H,4,15-16H2,1-3H3/t27-/m1/s1. The lowest BCUT2D eigenvalue weighted by Crippen LogP contribution is -2.40. The molecule has 0 aliphatic carbocycles. The normalized spacial score (nSPS) is 15.4. The molecule has 5 rings (SSSR count). The molecule has 0 saturated heterocycles. The quantitative estimate of drug-likeness (QED) is 0.444. The van der Waals surface area contributed by atoms with Gasteiger partial charge in [-0.1, -0.05) is 37.3 Å². The van der Waals surface area contributed by atoms with Crippen molar-refractivity contribution in [1.29, 1.82) is 0 Å². The second-order valence-electron chi connectivity index (χ2n) is 8.37. The molecule has 1 aliphatic heterocycles. The number of fused-ring (bicyclic) bond motifs is 3. The van der Waals surface area contributed by atoms with Crippen LogP contribution in [0.4, 0.5) is 0 Å². The summed E-state index contributed by atoms with van der Waals surface area (Å²) in [6.07, 6.45) is 1.72. The predicted octanol–water partition coefficient (Wildman–Crippen LogP) is 5.54. The first-order valence-electron chi connectivity index (χ1n) is 11.4. The van der Waals surface area contributed by atoms with Gasteiger partial charge in [0, 0.05) is 34.3 Å². The van der Waals surface area contributed by atoms with Crippen LogP contribution in [0.15, 0.2) is 66.7 Å². The van der Waals surface area contributed by atoms with Gasteiger partial charge in [-0.05, 0) is 60.4 Å². The van der Waals surface area contributed by atoms with Crippen LogP contribution in [0.5, 0.6) is 11.5 Å².